The van der Waals surface area contributed by atoms with Crippen molar-refractivity contribution in [2.45, 2.75) is 13.0 Å². The Morgan fingerprint density at radius 3 is 2.29 bits per heavy atom. The van der Waals surface area contributed by atoms with Crippen LogP contribution in [0.15, 0.2) is 0 Å². The van der Waals surface area contributed by atoms with Gasteiger partial charge in [0.25, 0.3) is 0 Å². The summed E-state index contributed by atoms with van der Waals surface area (Å²) in [5.74, 6) is -0.0489. The summed E-state index contributed by atoms with van der Waals surface area (Å²) >= 11 is 0. The number of ether oxygens (including phenoxy) is 1. The van der Waals surface area contributed by atoms with Crippen LogP contribution in [0.2, 0.25) is 0 Å². The lowest BCUT2D eigenvalue weighted by Gasteiger charge is -2.30. The first kappa shape index (κ1) is 11.5. The zero-order valence-electron chi connectivity index (χ0n) is 8.39. The highest BCUT2D eigenvalue weighted by Gasteiger charge is 2.28. The number of hydrogen-bond acceptors (Lipinski definition) is 5. The molecule has 14 heavy (non-hydrogen) atoms. The lowest BCUT2D eigenvalue weighted by Crippen LogP contribution is -2.48. The second kappa shape index (κ2) is 4.27. The van der Waals surface area contributed by atoms with E-state index in [1.54, 1.807) is 6.92 Å². The van der Waals surface area contributed by atoms with Crippen molar-refractivity contribution in [3.63, 3.8) is 0 Å². The largest absolute Gasteiger partial charge is 0.468 e. The van der Waals surface area contributed by atoms with Crippen LogP contribution in [-0.4, -0.2) is 57.0 Å². The van der Waals surface area contributed by atoms with E-state index in [-0.39, 0.29) is 23.5 Å². The Labute approximate surface area is 83.9 Å². The molecule has 1 aliphatic heterocycles. The van der Waals surface area contributed by atoms with E-state index in [0.717, 1.165) is 0 Å². The fraction of sp³-hybridized carbons (Fsp3) is 0.875. The average Bonchev–Trinajstić information content (AvgIpc) is 2.15. The second-order valence-electron chi connectivity index (χ2n) is 3.39. The molecule has 0 saturated carbocycles. The molecule has 0 amide bonds. The summed E-state index contributed by atoms with van der Waals surface area (Å²) in [7, 11) is -1.54. The lowest BCUT2D eigenvalue weighted by atomic mass is 10.3. The minimum atomic E-state index is -2.88. The van der Waals surface area contributed by atoms with E-state index in [1.165, 1.54) is 7.11 Å². The molecule has 0 aromatic heterocycles. The van der Waals surface area contributed by atoms with Crippen LogP contribution in [-0.2, 0) is 19.4 Å². The van der Waals surface area contributed by atoms with Crippen LogP contribution in [0.4, 0.5) is 0 Å². The third kappa shape index (κ3) is 2.68. The SMILES string of the molecule is COC(=O)C(C)N1CCS(=O)(=O)CC1. The summed E-state index contributed by atoms with van der Waals surface area (Å²) in [6, 6.07) is -0.351. The van der Waals surface area contributed by atoms with Crippen LogP contribution < -0.4 is 0 Å². The van der Waals surface area contributed by atoms with E-state index in [1.807, 2.05) is 4.90 Å². The highest BCUT2D eigenvalue weighted by molar-refractivity contribution is 7.91. The first-order valence-corrected chi connectivity index (χ1v) is 6.31. The van der Waals surface area contributed by atoms with E-state index in [2.05, 4.69) is 4.74 Å². The van der Waals surface area contributed by atoms with Gasteiger partial charge in [-0.1, -0.05) is 0 Å². The van der Waals surface area contributed by atoms with Gasteiger partial charge in [-0.25, -0.2) is 8.42 Å². The molecule has 0 N–H and O–H groups in total. The highest BCUT2D eigenvalue weighted by atomic mass is 32.2. The number of carbonyl (C=O) groups excluding carboxylic acids is 1. The van der Waals surface area contributed by atoms with Crippen LogP contribution in [0.5, 0.6) is 0 Å². The Kier molecular flexibility index (Phi) is 3.49. The summed E-state index contributed by atoms with van der Waals surface area (Å²) in [5.41, 5.74) is 0. The number of carbonyl (C=O) groups is 1. The highest BCUT2D eigenvalue weighted by Crippen LogP contribution is 2.08. The number of esters is 1. The van der Waals surface area contributed by atoms with Crippen molar-refractivity contribution in [1.29, 1.82) is 0 Å². The van der Waals surface area contributed by atoms with Gasteiger partial charge in [-0.05, 0) is 6.92 Å². The van der Waals surface area contributed by atoms with Gasteiger partial charge in [0.2, 0.25) is 0 Å². The van der Waals surface area contributed by atoms with Crippen molar-refractivity contribution in [3.05, 3.63) is 0 Å². The average molecular weight is 221 g/mol. The molecule has 1 heterocycles. The van der Waals surface area contributed by atoms with E-state index in [9.17, 15) is 13.2 Å². The van der Waals surface area contributed by atoms with Crippen LogP contribution in [0.25, 0.3) is 0 Å². The molecule has 0 aromatic carbocycles. The van der Waals surface area contributed by atoms with Crippen molar-refractivity contribution in [1.82, 2.24) is 4.90 Å². The van der Waals surface area contributed by atoms with Crippen molar-refractivity contribution < 1.29 is 17.9 Å². The first-order valence-electron chi connectivity index (χ1n) is 4.48. The number of methoxy groups -OCH3 is 1. The molecule has 1 aliphatic rings. The van der Waals surface area contributed by atoms with Crippen LogP contribution >= 0.6 is 0 Å². The molecular formula is C8H15NO4S. The van der Waals surface area contributed by atoms with Gasteiger partial charge in [-0.3, -0.25) is 9.69 Å². The van der Waals surface area contributed by atoms with Gasteiger partial charge in [0.15, 0.2) is 9.84 Å². The molecular weight excluding hydrogens is 206 g/mol. The normalized spacial score (nSPS) is 24.1. The molecule has 5 nitrogen and oxygen atoms in total. The number of rotatable bonds is 2. The van der Waals surface area contributed by atoms with Gasteiger partial charge in [0.05, 0.1) is 18.6 Å². The fourth-order valence-corrected chi connectivity index (χ4v) is 2.66. The lowest BCUT2D eigenvalue weighted by molar-refractivity contribution is -0.146. The predicted molar refractivity (Wildman–Crippen MR) is 51.7 cm³/mol. The monoisotopic (exact) mass is 221 g/mol. The summed E-state index contributed by atoms with van der Waals surface area (Å²) in [4.78, 5) is 13.0. The molecule has 1 fully saturated rings. The van der Waals surface area contributed by atoms with Gasteiger partial charge >= 0.3 is 5.97 Å². The quantitative estimate of drug-likeness (QED) is 0.576. The van der Waals surface area contributed by atoms with Crippen molar-refractivity contribution in [3.8, 4) is 0 Å². The third-order valence-corrected chi connectivity index (χ3v) is 4.08. The molecule has 1 rings (SSSR count). The van der Waals surface area contributed by atoms with Crippen LogP contribution in [0.3, 0.4) is 0 Å². The van der Waals surface area contributed by atoms with Crippen molar-refractivity contribution >= 4 is 15.8 Å². The van der Waals surface area contributed by atoms with E-state index in [0.29, 0.717) is 13.1 Å². The smallest absolute Gasteiger partial charge is 0.322 e. The molecule has 6 heteroatoms. The Hall–Kier alpha value is -0.620. The summed E-state index contributed by atoms with van der Waals surface area (Å²) < 4.78 is 26.8. The molecule has 0 aromatic rings. The number of nitrogens with zero attached hydrogens (tertiary/aromatic N) is 1. The third-order valence-electron chi connectivity index (χ3n) is 2.47. The minimum Gasteiger partial charge on any atom is -0.468 e. The van der Waals surface area contributed by atoms with Crippen molar-refractivity contribution in [2.75, 3.05) is 31.7 Å². The predicted octanol–water partition coefficient (Wildman–Crippen LogP) is -0.722. The maximum atomic E-state index is 11.2. The standard InChI is InChI=1S/C8H15NO4S/c1-7(8(10)13-2)9-3-5-14(11,12)6-4-9/h7H,3-6H2,1-2H3. The summed E-state index contributed by atoms with van der Waals surface area (Å²) in [5, 5.41) is 0. The van der Waals surface area contributed by atoms with Crippen molar-refractivity contribution in [2.24, 2.45) is 0 Å². The Morgan fingerprint density at radius 1 is 1.36 bits per heavy atom. The molecule has 1 unspecified atom stereocenters. The zero-order chi connectivity index (χ0) is 10.8. The molecule has 1 atom stereocenters. The summed E-state index contributed by atoms with van der Waals surface area (Å²) in [6.45, 7) is 2.56. The zero-order valence-corrected chi connectivity index (χ0v) is 9.21. The van der Waals surface area contributed by atoms with Gasteiger partial charge < -0.3 is 4.74 Å². The minimum absolute atomic E-state index is 0.133. The maximum absolute atomic E-state index is 11.2. The Balaban J connectivity index is 2.53. The second-order valence-corrected chi connectivity index (χ2v) is 5.69. The topological polar surface area (TPSA) is 63.7 Å². The Morgan fingerprint density at radius 2 is 1.86 bits per heavy atom. The van der Waals surface area contributed by atoms with Crippen LogP contribution in [0, 0.1) is 0 Å². The maximum Gasteiger partial charge on any atom is 0.322 e. The first-order chi connectivity index (χ1) is 6.46. The molecule has 0 radical (unpaired) electrons. The van der Waals surface area contributed by atoms with E-state index < -0.39 is 9.84 Å². The Bertz CT molecular complexity index is 297. The van der Waals surface area contributed by atoms with Gasteiger partial charge in [0.1, 0.15) is 6.04 Å². The molecule has 0 bridgehead atoms. The summed E-state index contributed by atoms with van der Waals surface area (Å²) in [6.07, 6.45) is 0. The number of hydrogen-bond donors (Lipinski definition) is 0. The van der Waals surface area contributed by atoms with E-state index >= 15 is 0 Å². The number of sulfone groups is 1. The molecule has 0 aliphatic carbocycles. The van der Waals surface area contributed by atoms with E-state index in [4.69, 9.17) is 0 Å². The molecule has 0 spiro atoms. The van der Waals surface area contributed by atoms with Crippen LogP contribution in [0.1, 0.15) is 6.92 Å². The molecule has 82 valence electrons. The fourth-order valence-electron chi connectivity index (χ4n) is 1.43. The van der Waals surface area contributed by atoms with Gasteiger partial charge in [-0.15, -0.1) is 0 Å². The van der Waals surface area contributed by atoms with Gasteiger partial charge in [0, 0.05) is 13.1 Å². The molecule has 1 saturated heterocycles. The van der Waals surface area contributed by atoms with Gasteiger partial charge in [-0.2, -0.15) is 0 Å².